The minimum atomic E-state index is -0.0395. The van der Waals surface area contributed by atoms with Gasteiger partial charge in [0.15, 0.2) is 0 Å². The van der Waals surface area contributed by atoms with E-state index in [9.17, 15) is 4.79 Å². The van der Waals surface area contributed by atoms with Gasteiger partial charge in [-0.05, 0) is 57.1 Å². The molecule has 4 nitrogen and oxygen atoms in total. The van der Waals surface area contributed by atoms with Gasteiger partial charge >= 0.3 is 0 Å². The molecular formula is C17H21N3O. The van der Waals surface area contributed by atoms with E-state index in [2.05, 4.69) is 15.2 Å². The van der Waals surface area contributed by atoms with Crippen molar-refractivity contribution in [3.05, 3.63) is 53.9 Å². The fourth-order valence-corrected chi connectivity index (χ4v) is 2.82. The zero-order valence-electron chi connectivity index (χ0n) is 12.3. The third-order valence-electron chi connectivity index (χ3n) is 4.02. The molecule has 1 amide bonds. The Morgan fingerprint density at radius 3 is 2.62 bits per heavy atom. The maximum atomic E-state index is 12.5. The van der Waals surface area contributed by atoms with Gasteiger partial charge in [-0.25, -0.2) is 0 Å². The van der Waals surface area contributed by atoms with Gasteiger partial charge in [0.2, 0.25) is 0 Å². The first-order chi connectivity index (χ1) is 10.2. The van der Waals surface area contributed by atoms with Gasteiger partial charge in [0.05, 0.1) is 0 Å². The monoisotopic (exact) mass is 283 g/mol. The molecule has 2 aromatic rings. The van der Waals surface area contributed by atoms with Gasteiger partial charge in [0.25, 0.3) is 5.91 Å². The molecule has 2 N–H and O–H groups in total. The van der Waals surface area contributed by atoms with E-state index in [4.69, 9.17) is 0 Å². The molecule has 0 unspecified atom stereocenters. The topological polar surface area (TPSA) is 46.1 Å². The first kappa shape index (κ1) is 13.9. The molecule has 2 heterocycles. The highest BCUT2D eigenvalue weighted by atomic mass is 16.1. The Kier molecular flexibility index (Phi) is 4.06. The Hall–Kier alpha value is -2.07. The average molecular weight is 283 g/mol. The van der Waals surface area contributed by atoms with E-state index in [0.29, 0.717) is 6.04 Å². The molecule has 1 saturated heterocycles. The van der Waals surface area contributed by atoms with Crippen molar-refractivity contribution >= 4 is 11.6 Å². The number of hydrogen-bond donors (Lipinski definition) is 2. The first-order valence-electron chi connectivity index (χ1n) is 7.49. The van der Waals surface area contributed by atoms with Gasteiger partial charge < -0.3 is 15.2 Å². The summed E-state index contributed by atoms with van der Waals surface area (Å²) in [5.41, 5.74) is 2.76. The Balaban J connectivity index is 1.75. The predicted octanol–water partition coefficient (Wildman–Crippen LogP) is 2.97. The fourth-order valence-electron chi connectivity index (χ4n) is 2.82. The van der Waals surface area contributed by atoms with Crippen molar-refractivity contribution in [3.63, 3.8) is 0 Å². The molecule has 21 heavy (non-hydrogen) atoms. The lowest BCUT2D eigenvalue weighted by Crippen LogP contribution is -2.31. The number of piperidine rings is 1. The quantitative estimate of drug-likeness (QED) is 0.909. The number of carbonyl (C=O) groups excluding carboxylic acids is 1. The summed E-state index contributed by atoms with van der Waals surface area (Å²) in [7, 11) is 0. The molecule has 1 aliphatic heterocycles. The number of amides is 1. The third-order valence-corrected chi connectivity index (χ3v) is 4.02. The van der Waals surface area contributed by atoms with Crippen molar-refractivity contribution in [2.45, 2.75) is 25.8 Å². The Labute approximate surface area is 125 Å². The summed E-state index contributed by atoms with van der Waals surface area (Å²) in [6.07, 6.45) is 4.15. The van der Waals surface area contributed by atoms with Crippen LogP contribution >= 0.6 is 0 Å². The van der Waals surface area contributed by atoms with Crippen LogP contribution in [-0.2, 0) is 0 Å². The van der Waals surface area contributed by atoms with E-state index in [1.165, 1.54) is 5.56 Å². The van der Waals surface area contributed by atoms with E-state index in [1.54, 1.807) is 0 Å². The van der Waals surface area contributed by atoms with Gasteiger partial charge in [-0.15, -0.1) is 0 Å². The minimum absolute atomic E-state index is 0.0395. The molecule has 4 heteroatoms. The molecule has 110 valence electrons. The number of aromatic nitrogens is 1. The van der Waals surface area contributed by atoms with E-state index >= 15 is 0 Å². The molecule has 0 spiro atoms. The highest BCUT2D eigenvalue weighted by Gasteiger charge is 2.19. The highest BCUT2D eigenvalue weighted by Crippen LogP contribution is 2.22. The minimum Gasteiger partial charge on any atom is -0.340 e. The number of benzene rings is 1. The highest BCUT2D eigenvalue weighted by molar-refractivity contribution is 6.03. The normalized spacial score (nSPS) is 15.9. The van der Waals surface area contributed by atoms with Gasteiger partial charge in [0.1, 0.15) is 5.69 Å². The van der Waals surface area contributed by atoms with Crippen molar-refractivity contribution in [1.29, 1.82) is 0 Å². The zero-order valence-corrected chi connectivity index (χ0v) is 12.3. The molecular weight excluding hydrogens is 262 g/mol. The zero-order chi connectivity index (χ0) is 14.7. The summed E-state index contributed by atoms with van der Waals surface area (Å²) in [5, 5.41) is 6.33. The molecule has 1 aromatic heterocycles. The van der Waals surface area contributed by atoms with Crippen LogP contribution in [0.5, 0.6) is 0 Å². The number of nitrogens with zero attached hydrogens (tertiary/aromatic N) is 1. The van der Waals surface area contributed by atoms with Crippen LogP contribution in [0, 0.1) is 6.92 Å². The summed E-state index contributed by atoms with van der Waals surface area (Å²) in [6, 6.07) is 12.1. The molecule has 1 aromatic carbocycles. The average Bonchev–Trinajstić information content (AvgIpc) is 3.00. The van der Waals surface area contributed by atoms with E-state index < -0.39 is 0 Å². The van der Waals surface area contributed by atoms with Crippen molar-refractivity contribution in [2.75, 3.05) is 18.4 Å². The van der Waals surface area contributed by atoms with Crippen LogP contribution < -0.4 is 10.6 Å². The summed E-state index contributed by atoms with van der Waals surface area (Å²) >= 11 is 0. The maximum absolute atomic E-state index is 12.5. The first-order valence-corrected chi connectivity index (χ1v) is 7.49. The standard InChI is InChI=1S/C17H21N3O/c1-13-4-6-14(7-5-13)19-17(21)16-3-2-12-20(16)15-8-10-18-11-9-15/h2-7,12,15,18H,8-11H2,1H3,(H,19,21). The summed E-state index contributed by atoms with van der Waals surface area (Å²) in [4.78, 5) is 12.5. The molecule has 0 radical (unpaired) electrons. The van der Waals surface area contributed by atoms with Crippen molar-refractivity contribution < 1.29 is 4.79 Å². The lowest BCUT2D eigenvalue weighted by molar-refractivity contribution is 0.101. The smallest absolute Gasteiger partial charge is 0.272 e. The summed E-state index contributed by atoms with van der Waals surface area (Å²) in [6.45, 7) is 4.07. The molecule has 0 atom stereocenters. The SMILES string of the molecule is Cc1ccc(NC(=O)c2cccn2C2CCNCC2)cc1. The Morgan fingerprint density at radius 1 is 1.19 bits per heavy atom. The molecule has 3 rings (SSSR count). The van der Waals surface area contributed by atoms with Crippen LogP contribution in [0.15, 0.2) is 42.6 Å². The maximum Gasteiger partial charge on any atom is 0.272 e. The van der Waals surface area contributed by atoms with Gasteiger partial charge in [-0.3, -0.25) is 4.79 Å². The second-order valence-corrected chi connectivity index (χ2v) is 5.60. The molecule has 1 fully saturated rings. The lowest BCUT2D eigenvalue weighted by atomic mass is 10.1. The predicted molar refractivity (Wildman–Crippen MR) is 84.7 cm³/mol. The number of aryl methyl sites for hydroxylation is 1. The van der Waals surface area contributed by atoms with Crippen LogP contribution in [0.1, 0.15) is 34.9 Å². The third kappa shape index (κ3) is 3.16. The van der Waals surface area contributed by atoms with Crippen LogP contribution in [0.25, 0.3) is 0 Å². The van der Waals surface area contributed by atoms with Crippen LogP contribution in [0.4, 0.5) is 5.69 Å². The number of hydrogen-bond acceptors (Lipinski definition) is 2. The van der Waals surface area contributed by atoms with Crippen LogP contribution in [-0.4, -0.2) is 23.6 Å². The van der Waals surface area contributed by atoms with Crippen LogP contribution in [0.2, 0.25) is 0 Å². The van der Waals surface area contributed by atoms with Crippen molar-refractivity contribution in [1.82, 2.24) is 9.88 Å². The largest absolute Gasteiger partial charge is 0.340 e. The second-order valence-electron chi connectivity index (χ2n) is 5.60. The van der Waals surface area contributed by atoms with Crippen LogP contribution in [0.3, 0.4) is 0 Å². The number of rotatable bonds is 3. The van der Waals surface area contributed by atoms with Crippen molar-refractivity contribution in [3.8, 4) is 0 Å². The van der Waals surface area contributed by atoms with E-state index in [0.717, 1.165) is 37.3 Å². The Morgan fingerprint density at radius 2 is 1.90 bits per heavy atom. The van der Waals surface area contributed by atoms with E-state index in [-0.39, 0.29) is 5.91 Å². The molecule has 0 saturated carbocycles. The Bertz CT molecular complexity index is 609. The summed E-state index contributed by atoms with van der Waals surface area (Å²) in [5.74, 6) is -0.0395. The molecule has 0 aliphatic carbocycles. The summed E-state index contributed by atoms with van der Waals surface area (Å²) < 4.78 is 2.12. The number of carbonyl (C=O) groups is 1. The van der Waals surface area contributed by atoms with Gasteiger partial charge in [-0.1, -0.05) is 17.7 Å². The van der Waals surface area contributed by atoms with Crippen molar-refractivity contribution in [2.24, 2.45) is 0 Å². The van der Waals surface area contributed by atoms with E-state index in [1.807, 2.05) is 49.5 Å². The second kappa shape index (κ2) is 6.14. The number of nitrogens with one attached hydrogen (secondary N) is 2. The molecule has 0 bridgehead atoms. The fraction of sp³-hybridized carbons (Fsp3) is 0.353. The van der Waals surface area contributed by atoms with Gasteiger partial charge in [0, 0.05) is 17.9 Å². The van der Waals surface area contributed by atoms with Gasteiger partial charge in [-0.2, -0.15) is 0 Å². The number of anilines is 1. The lowest BCUT2D eigenvalue weighted by Gasteiger charge is -2.25. The molecule has 1 aliphatic rings.